The van der Waals surface area contributed by atoms with Crippen LogP contribution in [-0.2, 0) is 24.3 Å². The van der Waals surface area contributed by atoms with Crippen LogP contribution in [0, 0.1) is 16.0 Å². The summed E-state index contributed by atoms with van der Waals surface area (Å²) in [7, 11) is -4.32. The molecular formula is C16H18N2O7S. The summed E-state index contributed by atoms with van der Waals surface area (Å²) < 4.78 is 31.0. The highest BCUT2D eigenvalue weighted by molar-refractivity contribution is 7.89. The molecule has 0 saturated carbocycles. The van der Waals surface area contributed by atoms with E-state index >= 15 is 0 Å². The molecule has 0 bridgehead atoms. The first-order valence-corrected chi connectivity index (χ1v) is 9.30. The number of rotatable bonds is 8. The number of β-lactam (4-membered cyclic amide) rings is 1. The molecule has 1 amide bonds. The fourth-order valence-corrected chi connectivity index (χ4v) is 4.24. The Hall–Kier alpha value is -2.75. The Bertz CT molecular complexity index is 833. The van der Waals surface area contributed by atoms with Gasteiger partial charge >= 0.3 is 5.97 Å². The molecule has 0 N–H and O–H groups in total. The number of nitro benzene ring substituents is 1. The topological polar surface area (TPSA) is 124 Å². The van der Waals surface area contributed by atoms with Crippen molar-refractivity contribution in [3.05, 3.63) is 47.0 Å². The van der Waals surface area contributed by atoms with Crippen molar-refractivity contribution in [1.82, 2.24) is 4.31 Å². The van der Waals surface area contributed by atoms with Crippen LogP contribution in [0.1, 0.15) is 19.8 Å². The van der Waals surface area contributed by atoms with Crippen molar-refractivity contribution in [1.29, 1.82) is 0 Å². The van der Waals surface area contributed by atoms with Gasteiger partial charge in [0.15, 0.2) is 6.04 Å². The van der Waals surface area contributed by atoms with Crippen molar-refractivity contribution in [2.24, 2.45) is 5.92 Å². The van der Waals surface area contributed by atoms with E-state index in [0.29, 0.717) is 10.7 Å². The van der Waals surface area contributed by atoms with Crippen LogP contribution in [0.2, 0.25) is 0 Å². The molecule has 0 spiro atoms. The molecule has 2 atom stereocenters. The summed E-state index contributed by atoms with van der Waals surface area (Å²) in [6.07, 6.45) is 2.23. The summed E-state index contributed by atoms with van der Waals surface area (Å²) in [6.45, 7) is 5.20. The van der Waals surface area contributed by atoms with Gasteiger partial charge < -0.3 is 4.74 Å². The van der Waals surface area contributed by atoms with Gasteiger partial charge in [0.05, 0.1) is 22.3 Å². The molecule has 1 aliphatic heterocycles. The van der Waals surface area contributed by atoms with Crippen LogP contribution in [0.5, 0.6) is 0 Å². The van der Waals surface area contributed by atoms with E-state index in [2.05, 4.69) is 6.58 Å². The van der Waals surface area contributed by atoms with Crippen molar-refractivity contribution < 1.29 is 27.7 Å². The number of benzene rings is 1. The standard InChI is InChI=1S/C16H18N2O7S/c1-3-5-10-25-16(20)14-13(4-2)15(19)17(14)26(23,24)12-8-6-11(7-9-12)18(21)22/h3,6-9,13-14H,1,4-5,10H2,2H3/t13-,14+/m1/s1. The number of sulfonamides is 1. The summed E-state index contributed by atoms with van der Waals surface area (Å²) in [5, 5.41) is 10.7. The predicted molar refractivity (Wildman–Crippen MR) is 90.5 cm³/mol. The molecule has 1 heterocycles. The van der Waals surface area contributed by atoms with Crippen molar-refractivity contribution in [3.8, 4) is 0 Å². The zero-order valence-electron chi connectivity index (χ0n) is 14.0. The average molecular weight is 382 g/mol. The van der Waals surface area contributed by atoms with E-state index in [1.807, 2.05) is 0 Å². The molecule has 9 nitrogen and oxygen atoms in total. The Balaban J connectivity index is 2.30. The van der Waals surface area contributed by atoms with Gasteiger partial charge in [0.2, 0.25) is 5.91 Å². The van der Waals surface area contributed by atoms with Gasteiger partial charge in [-0.05, 0) is 25.0 Å². The second-order valence-electron chi connectivity index (χ2n) is 5.59. The van der Waals surface area contributed by atoms with Gasteiger partial charge in [-0.1, -0.05) is 13.0 Å². The fourth-order valence-electron chi connectivity index (χ4n) is 2.62. The van der Waals surface area contributed by atoms with Crippen molar-refractivity contribution in [2.75, 3.05) is 6.61 Å². The number of non-ortho nitro benzene ring substituents is 1. The molecule has 10 heteroatoms. The Kier molecular flexibility index (Phi) is 5.76. The van der Waals surface area contributed by atoms with Gasteiger partial charge in [0.1, 0.15) is 0 Å². The molecule has 1 aliphatic rings. The molecule has 1 saturated heterocycles. The number of esters is 1. The minimum Gasteiger partial charge on any atom is -0.464 e. The Morgan fingerprint density at radius 2 is 2.00 bits per heavy atom. The Labute approximate surface area is 150 Å². The van der Waals surface area contributed by atoms with Crippen LogP contribution in [0.25, 0.3) is 0 Å². The summed E-state index contributed by atoms with van der Waals surface area (Å²) in [4.78, 5) is 34.2. The highest BCUT2D eigenvalue weighted by Crippen LogP contribution is 2.36. The first-order chi connectivity index (χ1) is 12.3. The summed E-state index contributed by atoms with van der Waals surface area (Å²) in [6, 6.07) is 2.86. The Morgan fingerprint density at radius 3 is 2.50 bits per heavy atom. The Morgan fingerprint density at radius 1 is 1.38 bits per heavy atom. The number of carbonyl (C=O) groups is 2. The number of carbonyl (C=O) groups excluding carboxylic acids is 2. The first kappa shape index (κ1) is 19.6. The molecule has 1 fully saturated rings. The number of nitro groups is 1. The van der Waals surface area contributed by atoms with Crippen LogP contribution in [0.3, 0.4) is 0 Å². The second kappa shape index (κ2) is 7.65. The molecule has 140 valence electrons. The third kappa shape index (κ3) is 3.45. The van der Waals surface area contributed by atoms with Crippen LogP contribution < -0.4 is 0 Å². The average Bonchev–Trinajstić information content (AvgIpc) is 2.59. The molecule has 0 aliphatic carbocycles. The SMILES string of the molecule is C=CCCOC(=O)[C@@H]1[C@@H](CC)C(=O)N1S(=O)(=O)c1ccc([N+](=O)[O-])cc1. The maximum Gasteiger partial charge on any atom is 0.330 e. The summed E-state index contributed by atoms with van der Waals surface area (Å²) >= 11 is 0. The second-order valence-corrected chi connectivity index (χ2v) is 7.41. The lowest BCUT2D eigenvalue weighted by Gasteiger charge is -2.43. The van der Waals surface area contributed by atoms with Crippen molar-refractivity contribution in [2.45, 2.75) is 30.7 Å². The minimum absolute atomic E-state index is 0.0366. The third-order valence-corrected chi connectivity index (χ3v) is 5.81. The van der Waals surface area contributed by atoms with E-state index in [-0.39, 0.29) is 23.6 Å². The zero-order valence-corrected chi connectivity index (χ0v) is 14.8. The molecule has 0 aromatic heterocycles. The smallest absolute Gasteiger partial charge is 0.330 e. The maximum absolute atomic E-state index is 12.7. The lowest BCUT2D eigenvalue weighted by atomic mass is 9.88. The number of hydrogen-bond acceptors (Lipinski definition) is 7. The molecule has 1 aromatic carbocycles. The maximum atomic E-state index is 12.7. The monoisotopic (exact) mass is 382 g/mol. The number of ether oxygens (including phenoxy) is 1. The van der Waals surface area contributed by atoms with Crippen molar-refractivity contribution >= 4 is 27.6 Å². The minimum atomic E-state index is -4.32. The van der Waals surface area contributed by atoms with Gasteiger partial charge in [-0.3, -0.25) is 14.9 Å². The largest absolute Gasteiger partial charge is 0.464 e. The molecular weight excluding hydrogens is 364 g/mol. The normalized spacial score (nSPS) is 19.6. The lowest BCUT2D eigenvalue weighted by Crippen LogP contribution is -2.66. The highest BCUT2D eigenvalue weighted by Gasteiger charge is 2.57. The lowest BCUT2D eigenvalue weighted by molar-refractivity contribution is -0.384. The quantitative estimate of drug-likeness (QED) is 0.167. The van der Waals surface area contributed by atoms with Gasteiger partial charge in [0, 0.05) is 12.1 Å². The molecule has 0 unspecified atom stereocenters. The highest BCUT2D eigenvalue weighted by atomic mass is 32.2. The van der Waals surface area contributed by atoms with Gasteiger partial charge in [-0.2, -0.15) is 0 Å². The van der Waals surface area contributed by atoms with E-state index in [0.717, 1.165) is 24.3 Å². The number of hydrogen-bond donors (Lipinski definition) is 0. The van der Waals surface area contributed by atoms with E-state index in [1.54, 1.807) is 13.0 Å². The van der Waals surface area contributed by atoms with Gasteiger partial charge in [-0.25, -0.2) is 17.5 Å². The van der Waals surface area contributed by atoms with Crippen LogP contribution in [0.4, 0.5) is 5.69 Å². The van der Waals surface area contributed by atoms with E-state index < -0.39 is 38.8 Å². The van der Waals surface area contributed by atoms with E-state index in [4.69, 9.17) is 4.74 Å². The molecule has 0 radical (unpaired) electrons. The molecule has 1 aromatic rings. The fraction of sp³-hybridized carbons (Fsp3) is 0.375. The van der Waals surface area contributed by atoms with Gasteiger partial charge in [0.25, 0.3) is 15.7 Å². The van der Waals surface area contributed by atoms with E-state index in [1.165, 1.54) is 0 Å². The molecule has 2 rings (SSSR count). The van der Waals surface area contributed by atoms with E-state index in [9.17, 15) is 28.1 Å². The summed E-state index contributed by atoms with van der Waals surface area (Å²) in [5.41, 5.74) is -0.286. The third-order valence-electron chi connectivity index (χ3n) is 4.02. The number of amides is 1. The predicted octanol–water partition coefficient (Wildman–Crippen LogP) is 1.64. The van der Waals surface area contributed by atoms with Crippen LogP contribution >= 0.6 is 0 Å². The molecule has 26 heavy (non-hydrogen) atoms. The number of nitrogens with zero attached hydrogens (tertiary/aromatic N) is 2. The van der Waals surface area contributed by atoms with Crippen LogP contribution in [0.15, 0.2) is 41.8 Å². The van der Waals surface area contributed by atoms with Crippen molar-refractivity contribution in [3.63, 3.8) is 0 Å². The van der Waals surface area contributed by atoms with Gasteiger partial charge in [-0.15, -0.1) is 6.58 Å². The zero-order chi connectivity index (χ0) is 19.5. The summed E-state index contributed by atoms with van der Waals surface area (Å²) in [5.74, 6) is -2.28. The first-order valence-electron chi connectivity index (χ1n) is 7.86. The van der Waals surface area contributed by atoms with Crippen LogP contribution in [-0.4, -0.2) is 42.2 Å².